The number of amidine groups is 1. The minimum Gasteiger partial charge on any atom is -0.461 e. The molecule has 34 heavy (non-hydrogen) atoms. The van der Waals surface area contributed by atoms with Crippen LogP contribution in [0.5, 0.6) is 5.75 Å². The Labute approximate surface area is 199 Å². The number of carbonyl (C=O) groups is 1. The first-order valence-electron chi connectivity index (χ1n) is 10.9. The summed E-state index contributed by atoms with van der Waals surface area (Å²) in [7, 11) is 0.662. The molecule has 0 saturated carbocycles. The van der Waals surface area contributed by atoms with Crippen molar-refractivity contribution in [2.45, 2.75) is 30.1 Å². The maximum absolute atomic E-state index is 14.9. The zero-order valence-electron chi connectivity index (χ0n) is 19.0. The molecule has 1 aromatic carbocycles. The van der Waals surface area contributed by atoms with Crippen molar-refractivity contribution in [3.63, 3.8) is 0 Å². The number of likely N-dealkylation sites (tertiary alicyclic amines) is 1. The van der Waals surface area contributed by atoms with E-state index in [1.54, 1.807) is 6.92 Å². The van der Waals surface area contributed by atoms with E-state index in [1.807, 2.05) is 7.05 Å². The number of ether oxygens (including phenoxy) is 1. The summed E-state index contributed by atoms with van der Waals surface area (Å²) < 4.78 is 44.6. The third kappa shape index (κ3) is 4.54. The molecule has 1 saturated heterocycles. The molecule has 2 aliphatic heterocycles. The number of aliphatic imine (C=N–C) groups is 1. The summed E-state index contributed by atoms with van der Waals surface area (Å²) in [6.45, 7) is 2.24. The molecule has 1 spiro atoms. The molecule has 0 bridgehead atoms. The van der Waals surface area contributed by atoms with Crippen LogP contribution in [0, 0.1) is 5.82 Å². The van der Waals surface area contributed by atoms with E-state index in [9.17, 15) is 17.8 Å². The molecule has 2 atom stereocenters. The van der Waals surface area contributed by atoms with Gasteiger partial charge in [0, 0.05) is 22.1 Å². The lowest BCUT2D eigenvalue weighted by Crippen LogP contribution is -2.59. The number of nitrogens with two attached hydrogens (primary N) is 1. The van der Waals surface area contributed by atoms with Crippen LogP contribution in [0.15, 0.2) is 41.5 Å². The summed E-state index contributed by atoms with van der Waals surface area (Å²) >= 11 is 0. The average Bonchev–Trinajstić information content (AvgIpc) is 2.80. The molecule has 3 N–H and O–H groups in total. The Morgan fingerprint density at radius 3 is 2.65 bits per heavy atom. The van der Waals surface area contributed by atoms with Crippen molar-refractivity contribution < 1.29 is 22.5 Å². The van der Waals surface area contributed by atoms with E-state index in [-0.39, 0.29) is 22.8 Å². The lowest BCUT2D eigenvalue weighted by atomic mass is 9.90. The van der Waals surface area contributed by atoms with Gasteiger partial charge in [-0.3, -0.25) is 14.0 Å². The van der Waals surface area contributed by atoms with E-state index in [1.165, 1.54) is 36.5 Å². The zero-order chi connectivity index (χ0) is 24.5. The molecule has 1 amide bonds. The van der Waals surface area contributed by atoms with E-state index in [0.717, 1.165) is 13.1 Å². The Morgan fingerprint density at radius 1 is 1.29 bits per heavy atom. The molecule has 8 nitrogen and oxygen atoms in total. The molecule has 4 rings (SSSR count). The maximum atomic E-state index is 14.9. The second-order valence-electron chi connectivity index (χ2n) is 8.84. The predicted molar refractivity (Wildman–Crippen MR) is 127 cm³/mol. The maximum Gasteiger partial charge on any atom is 0.274 e. The average molecular weight is 492 g/mol. The highest BCUT2D eigenvalue weighted by Gasteiger charge is 2.50. The number of aromatic nitrogens is 1. The fourth-order valence-corrected chi connectivity index (χ4v) is 6.31. The molecule has 3 heterocycles. The highest BCUT2D eigenvalue weighted by molar-refractivity contribution is 7.87. The lowest BCUT2D eigenvalue weighted by Gasteiger charge is -2.45. The summed E-state index contributed by atoms with van der Waals surface area (Å²) in [5.41, 5.74) is 5.84. The summed E-state index contributed by atoms with van der Waals surface area (Å²) in [5.74, 6) is -0.446. The second-order valence-corrected chi connectivity index (χ2v) is 10.6. The first-order chi connectivity index (χ1) is 16.2. The van der Waals surface area contributed by atoms with Gasteiger partial charge in [-0.15, -0.1) is 0 Å². The molecule has 1 unspecified atom stereocenters. The molecular formula is C23H27F2N5O3S. The van der Waals surface area contributed by atoms with Crippen LogP contribution in [0.25, 0.3) is 0 Å². The van der Waals surface area contributed by atoms with Gasteiger partial charge in [0.15, 0.2) is 0 Å². The van der Waals surface area contributed by atoms with E-state index in [2.05, 4.69) is 24.9 Å². The second kappa shape index (κ2) is 9.38. The molecule has 0 aliphatic carbocycles. The molecule has 2 aromatic rings. The highest BCUT2D eigenvalue weighted by atomic mass is 32.2. The summed E-state index contributed by atoms with van der Waals surface area (Å²) in [6, 6.07) is 6.95. The van der Waals surface area contributed by atoms with Gasteiger partial charge >= 0.3 is 0 Å². The molecule has 11 heteroatoms. The van der Waals surface area contributed by atoms with Crippen molar-refractivity contribution in [1.29, 1.82) is 0 Å². The Morgan fingerprint density at radius 2 is 2.03 bits per heavy atom. The third-order valence-electron chi connectivity index (χ3n) is 6.47. The topological polar surface area (TPSA) is 110 Å². The zero-order valence-corrected chi connectivity index (χ0v) is 19.8. The molecule has 0 radical (unpaired) electrons. The fraction of sp³-hybridized carbons (Fsp3) is 0.435. The van der Waals surface area contributed by atoms with Gasteiger partial charge in [0.25, 0.3) is 5.91 Å². The Kier molecular flexibility index (Phi) is 6.68. The Bertz CT molecular complexity index is 1140. The van der Waals surface area contributed by atoms with E-state index in [4.69, 9.17) is 5.73 Å². The monoisotopic (exact) mass is 491 g/mol. The number of halogens is 2. The third-order valence-corrected chi connectivity index (χ3v) is 8.78. The van der Waals surface area contributed by atoms with Gasteiger partial charge in [-0.1, -0.05) is 0 Å². The highest BCUT2D eigenvalue weighted by Crippen LogP contribution is 2.41. The number of hydrogen-bond acceptors (Lipinski definition) is 7. The smallest absolute Gasteiger partial charge is 0.274 e. The van der Waals surface area contributed by atoms with Crippen LogP contribution in [0.3, 0.4) is 0 Å². The molecular weight excluding hydrogens is 464 g/mol. The number of rotatable bonds is 5. The van der Waals surface area contributed by atoms with Crippen LogP contribution in [-0.4, -0.2) is 63.3 Å². The number of anilines is 1. The van der Waals surface area contributed by atoms with Crippen LogP contribution in [0.1, 0.15) is 35.8 Å². The first kappa shape index (κ1) is 24.2. The standard InChI is InChI=1S/C23H27F2N5O3S/c1-22(13-34(32)23(21(26)29-22)7-9-30(2)10-8-23)17-11-15(3-5-18(17)25)28-20(31)19-6-4-16(12-27-19)33-14-24/h3-6,11-12H,7-10,13-14H2,1-2H3,(H2,26,29)(H,28,31)/t22-,34?/m0/s1. The number of benzene rings is 1. The first-order valence-corrected chi connectivity index (χ1v) is 12.2. The number of amides is 1. The SMILES string of the molecule is CN1CCC2(CC1)C(N)=N[C@](C)(c1cc(NC(=O)c3ccc(OCF)cn3)ccc1F)CS2=O. The van der Waals surface area contributed by atoms with Gasteiger partial charge in [-0.2, -0.15) is 0 Å². The van der Waals surface area contributed by atoms with Gasteiger partial charge in [0.1, 0.15) is 27.8 Å². The van der Waals surface area contributed by atoms with Crippen molar-refractivity contribution in [3.8, 4) is 5.75 Å². The van der Waals surface area contributed by atoms with Crippen molar-refractivity contribution in [3.05, 3.63) is 53.6 Å². The number of nitrogens with one attached hydrogen (secondary N) is 1. The van der Waals surface area contributed by atoms with Crippen molar-refractivity contribution in [1.82, 2.24) is 9.88 Å². The van der Waals surface area contributed by atoms with Crippen LogP contribution < -0.4 is 15.8 Å². The number of nitrogens with zero attached hydrogens (tertiary/aromatic N) is 3. The van der Waals surface area contributed by atoms with Crippen LogP contribution >= 0.6 is 0 Å². The Hall–Kier alpha value is -2.92. The lowest BCUT2D eigenvalue weighted by molar-refractivity contribution is 0.102. The summed E-state index contributed by atoms with van der Waals surface area (Å²) in [4.78, 5) is 23.4. The van der Waals surface area contributed by atoms with Crippen LogP contribution in [-0.2, 0) is 16.3 Å². The molecule has 182 valence electrons. The Balaban J connectivity index is 1.59. The minimum atomic E-state index is -1.34. The van der Waals surface area contributed by atoms with Crippen LogP contribution in [0.4, 0.5) is 14.5 Å². The van der Waals surface area contributed by atoms with Crippen LogP contribution in [0.2, 0.25) is 0 Å². The van der Waals surface area contributed by atoms with Crippen molar-refractivity contribution >= 4 is 28.2 Å². The van der Waals surface area contributed by atoms with Gasteiger partial charge < -0.3 is 20.7 Å². The summed E-state index contributed by atoms with van der Waals surface area (Å²) in [5, 5.41) is 2.67. The van der Waals surface area contributed by atoms with Gasteiger partial charge in [0.05, 0.1) is 17.5 Å². The number of carbonyl (C=O) groups excluding carboxylic acids is 1. The van der Waals surface area contributed by atoms with Crippen molar-refractivity contribution in [2.24, 2.45) is 10.7 Å². The van der Waals surface area contributed by atoms with Gasteiger partial charge in [-0.25, -0.2) is 13.8 Å². The number of hydrogen-bond donors (Lipinski definition) is 2. The largest absolute Gasteiger partial charge is 0.461 e. The molecule has 1 fully saturated rings. The predicted octanol–water partition coefficient (Wildman–Crippen LogP) is 2.58. The van der Waals surface area contributed by atoms with Gasteiger partial charge in [-0.05, 0) is 70.2 Å². The minimum absolute atomic E-state index is 0.0774. The number of alkyl halides is 1. The fourth-order valence-electron chi connectivity index (χ4n) is 4.39. The molecule has 1 aromatic heterocycles. The number of piperidine rings is 1. The number of pyridine rings is 1. The van der Waals surface area contributed by atoms with E-state index in [0.29, 0.717) is 24.4 Å². The van der Waals surface area contributed by atoms with Crippen molar-refractivity contribution in [2.75, 3.05) is 38.1 Å². The quantitative estimate of drug-likeness (QED) is 0.665. The van der Waals surface area contributed by atoms with E-state index >= 15 is 0 Å². The normalized spacial score (nSPS) is 24.5. The summed E-state index contributed by atoms with van der Waals surface area (Å²) in [6.07, 6.45) is 2.52. The molecule has 2 aliphatic rings. The van der Waals surface area contributed by atoms with Gasteiger partial charge in [0.2, 0.25) is 6.86 Å². The van der Waals surface area contributed by atoms with E-state index < -0.39 is 39.7 Å².